The Bertz CT molecular complexity index is 591. The van der Waals surface area contributed by atoms with Crippen LogP contribution >= 0.6 is 23.1 Å². The minimum atomic E-state index is -0.384. The molecule has 1 heterocycles. The summed E-state index contributed by atoms with van der Waals surface area (Å²) in [5.41, 5.74) is 1.10. The molecule has 0 aliphatic heterocycles. The number of carbonyl (C=O) groups excluding carboxylic acids is 1. The van der Waals surface area contributed by atoms with E-state index in [4.69, 9.17) is 16.9 Å². The Balaban J connectivity index is 2.20. The summed E-state index contributed by atoms with van der Waals surface area (Å²) in [4.78, 5) is 11.7. The highest BCUT2D eigenvalue weighted by Gasteiger charge is 2.11. The second kappa shape index (κ2) is 4.91. The zero-order chi connectivity index (χ0) is 12.3. The van der Waals surface area contributed by atoms with Crippen molar-refractivity contribution < 1.29 is 4.79 Å². The highest BCUT2D eigenvalue weighted by atomic mass is 35.5. The van der Waals surface area contributed by atoms with Gasteiger partial charge in [-0.05, 0) is 29.7 Å². The maximum Gasteiger partial charge on any atom is 0.277 e. The molecule has 2 rings (SSSR count). The number of carbonyl (C=O) groups is 1. The molecule has 0 atom stereocenters. The lowest BCUT2D eigenvalue weighted by atomic mass is 10.2. The van der Waals surface area contributed by atoms with Gasteiger partial charge < -0.3 is 5.32 Å². The van der Waals surface area contributed by atoms with E-state index in [1.807, 2.05) is 6.07 Å². The van der Waals surface area contributed by atoms with Crippen LogP contribution in [0, 0.1) is 11.3 Å². The first-order chi connectivity index (χ1) is 8.20. The van der Waals surface area contributed by atoms with Gasteiger partial charge in [0.1, 0.15) is 0 Å². The fourth-order valence-corrected chi connectivity index (χ4v) is 1.80. The molecule has 84 valence electrons. The van der Waals surface area contributed by atoms with E-state index in [1.54, 1.807) is 12.1 Å². The number of anilines is 1. The third-order valence-corrected chi connectivity index (χ3v) is 2.76. The van der Waals surface area contributed by atoms with Crippen molar-refractivity contribution in [3.8, 4) is 6.07 Å². The van der Waals surface area contributed by atoms with Crippen molar-refractivity contribution in [1.82, 2.24) is 9.59 Å². The van der Waals surface area contributed by atoms with Crippen molar-refractivity contribution in [1.29, 1.82) is 5.26 Å². The van der Waals surface area contributed by atoms with Crippen LogP contribution in [0.15, 0.2) is 23.6 Å². The molecule has 1 amide bonds. The fourth-order valence-electron chi connectivity index (χ4n) is 1.14. The summed E-state index contributed by atoms with van der Waals surface area (Å²) in [5.74, 6) is -0.384. The van der Waals surface area contributed by atoms with Gasteiger partial charge >= 0.3 is 0 Å². The van der Waals surface area contributed by atoms with E-state index in [9.17, 15) is 4.79 Å². The number of halogens is 1. The second-order valence-corrected chi connectivity index (χ2v) is 4.07. The lowest BCUT2D eigenvalue weighted by molar-refractivity contribution is 0.102. The van der Waals surface area contributed by atoms with Crippen molar-refractivity contribution >= 4 is 34.7 Å². The van der Waals surface area contributed by atoms with E-state index in [1.165, 1.54) is 11.4 Å². The van der Waals surface area contributed by atoms with Gasteiger partial charge in [0.15, 0.2) is 5.69 Å². The first-order valence-electron chi connectivity index (χ1n) is 4.49. The van der Waals surface area contributed by atoms with Gasteiger partial charge in [0.2, 0.25) is 0 Å². The van der Waals surface area contributed by atoms with Crippen LogP contribution in [-0.4, -0.2) is 15.5 Å². The summed E-state index contributed by atoms with van der Waals surface area (Å²) in [6, 6.07) is 6.58. The Hall–Kier alpha value is -1.97. The molecule has 5 nitrogen and oxygen atoms in total. The van der Waals surface area contributed by atoms with Gasteiger partial charge in [0.05, 0.1) is 22.3 Å². The molecular weight excluding hydrogens is 260 g/mol. The molecule has 0 aliphatic carbocycles. The number of hydrogen-bond donors (Lipinski definition) is 1. The number of aromatic nitrogens is 2. The van der Waals surface area contributed by atoms with Crippen LogP contribution in [0.1, 0.15) is 16.1 Å². The quantitative estimate of drug-likeness (QED) is 0.903. The Morgan fingerprint density at radius 3 is 2.94 bits per heavy atom. The van der Waals surface area contributed by atoms with E-state index in [-0.39, 0.29) is 11.6 Å². The van der Waals surface area contributed by atoms with Crippen LogP contribution in [0.4, 0.5) is 5.69 Å². The minimum Gasteiger partial charge on any atom is -0.319 e. The van der Waals surface area contributed by atoms with Gasteiger partial charge in [0, 0.05) is 5.38 Å². The second-order valence-electron chi connectivity index (χ2n) is 3.05. The monoisotopic (exact) mass is 264 g/mol. The lowest BCUT2D eigenvalue weighted by Gasteiger charge is -2.05. The van der Waals surface area contributed by atoms with Gasteiger partial charge in [0.25, 0.3) is 5.91 Å². The molecule has 0 spiro atoms. The molecule has 1 N–H and O–H groups in total. The van der Waals surface area contributed by atoms with Crippen molar-refractivity contribution in [2.24, 2.45) is 0 Å². The van der Waals surface area contributed by atoms with Gasteiger partial charge in [-0.3, -0.25) is 4.79 Å². The zero-order valence-electron chi connectivity index (χ0n) is 8.35. The summed E-state index contributed by atoms with van der Waals surface area (Å²) >= 11 is 7.01. The predicted octanol–water partition coefficient (Wildman–Crippen LogP) is 2.32. The number of nitrogens with zero attached hydrogens (tertiary/aromatic N) is 3. The molecule has 1 aromatic heterocycles. The number of benzene rings is 1. The Kier molecular flexibility index (Phi) is 3.32. The van der Waals surface area contributed by atoms with Crippen LogP contribution in [-0.2, 0) is 0 Å². The van der Waals surface area contributed by atoms with E-state index < -0.39 is 0 Å². The Morgan fingerprint density at radius 1 is 1.53 bits per heavy atom. The molecule has 0 saturated heterocycles. The van der Waals surface area contributed by atoms with Gasteiger partial charge in [-0.1, -0.05) is 16.1 Å². The maximum atomic E-state index is 11.7. The molecule has 2 aromatic rings. The van der Waals surface area contributed by atoms with Crippen LogP contribution < -0.4 is 5.32 Å². The molecule has 0 radical (unpaired) electrons. The van der Waals surface area contributed by atoms with Crippen molar-refractivity contribution in [3.05, 3.63) is 39.9 Å². The molecule has 0 unspecified atom stereocenters. The largest absolute Gasteiger partial charge is 0.319 e. The maximum absolute atomic E-state index is 11.7. The van der Waals surface area contributed by atoms with E-state index >= 15 is 0 Å². The molecule has 17 heavy (non-hydrogen) atoms. The SMILES string of the molecule is N#Cc1ccc(NC(=O)c2csnn2)c(Cl)c1. The highest BCUT2D eigenvalue weighted by molar-refractivity contribution is 7.03. The Labute approximate surface area is 106 Å². The van der Waals surface area contributed by atoms with E-state index in [0.717, 1.165) is 11.5 Å². The van der Waals surface area contributed by atoms with Gasteiger partial charge in [-0.15, -0.1) is 5.10 Å². The molecule has 0 bridgehead atoms. The van der Waals surface area contributed by atoms with E-state index in [0.29, 0.717) is 16.3 Å². The van der Waals surface area contributed by atoms with Crippen LogP contribution in [0.25, 0.3) is 0 Å². The van der Waals surface area contributed by atoms with E-state index in [2.05, 4.69) is 14.9 Å². The Morgan fingerprint density at radius 2 is 2.35 bits per heavy atom. The van der Waals surface area contributed by atoms with Crippen LogP contribution in [0.5, 0.6) is 0 Å². The third kappa shape index (κ3) is 2.58. The van der Waals surface area contributed by atoms with Gasteiger partial charge in [-0.25, -0.2) is 0 Å². The third-order valence-electron chi connectivity index (χ3n) is 1.94. The number of hydrogen-bond acceptors (Lipinski definition) is 5. The summed E-state index contributed by atoms with van der Waals surface area (Å²) in [5, 5.41) is 16.7. The molecule has 1 aromatic carbocycles. The van der Waals surface area contributed by atoms with Crippen molar-refractivity contribution in [2.45, 2.75) is 0 Å². The number of nitrogens with one attached hydrogen (secondary N) is 1. The number of amides is 1. The molecule has 0 saturated carbocycles. The summed E-state index contributed by atoms with van der Waals surface area (Å²) < 4.78 is 3.59. The van der Waals surface area contributed by atoms with Crippen LogP contribution in [0.2, 0.25) is 5.02 Å². The molecule has 0 fully saturated rings. The minimum absolute atomic E-state index is 0.232. The number of nitriles is 1. The van der Waals surface area contributed by atoms with Gasteiger partial charge in [-0.2, -0.15) is 5.26 Å². The summed E-state index contributed by atoms with van der Waals surface area (Å²) in [7, 11) is 0. The smallest absolute Gasteiger partial charge is 0.277 e. The standard InChI is InChI=1S/C10H5ClN4OS/c11-7-3-6(4-12)1-2-8(7)13-10(16)9-5-17-15-14-9/h1-3,5H,(H,13,16). The average molecular weight is 265 g/mol. The zero-order valence-corrected chi connectivity index (χ0v) is 9.92. The van der Waals surface area contributed by atoms with Crippen molar-refractivity contribution in [3.63, 3.8) is 0 Å². The van der Waals surface area contributed by atoms with Crippen molar-refractivity contribution in [2.75, 3.05) is 5.32 Å². The topological polar surface area (TPSA) is 78.7 Å². The lowest BCUT2D eigenvalue weighted by Crippen LogP contribution is -2.12. The normalized spacial score (nSPS) is 9.65. The first-order valence-corrected chi connectivity index (χ1v) is 5.70. The summed E-state index contributed by atoms with van der Waals surface area (Å²) in [6.07, 6.45) is 0. The molecule has 7 heteroatoms. The van der Waals surface area contributed by atoms with Crippen LogP contribution in [0.3, 0.4) is 0 Å². The molecule has 0 aliphatic rings. The highest BCUT2D eigenvalue weighted by Crippen LogP contribution is 2.23. The number of rotatable bonds is 2. The fraction of sp³-hybridized carbons (Fsp3) is 0. The first kappa shape index (κ1) is 11.5. The summed E-state index contributed by atoms with van der Waals surface area (Å²) in [6.45, 7) is 0. The molecular formula is C10H5ClN4OS. The predicted molar refractivity (Wildman–Crippen MR) is 64.0 cm³/mol. The average Bonchev–Trinajstić information content (AvgIpc) is 2.85.